The predicted octanol–water partition coefficient (Wildman–Crippen LogP) is 5.88. The second-order valence-corrected chi connectivity index (χ2v) is 6.64. The van der Waals surface area contributed by atoms with Gasteiger partial charge in [0.15, 0.2) is 0 Å². The summed E-state index contributed by atoms with van der Waals surface area (Å²) in [6.45, 7) is 0.606. The van der Waals surface area contributed by atoms with E-state index in [1.54, 1.807) is 34.8 Å². The zero-order chi connectivity index (χ0) is 13.9. The van der Waals surface area contributed by atoms with Crippen molar-refractivity contribution in [1.82, 2.24) is 0 Å². The van der Waals surface area contributed by atoms with Gasteiger partial charge in [0.25, 0.3) is 0 Å². The average molecular weight is 324 g/mol. The second kappa shape index (κ2) is 5.95. The van der Waals surface area contributed by atoms with Crippen molar-refractivity contribution in [1.29, 1.82) is 0 Å². The summed E-state index contributed by atoms with van der Waals surface area (Å²) >= 11 is 9.12. The third-order valence-corrected chi connectivity index (χ3v) is 4.93. The third kappa shape index (κ3) is 3.03. The van der Waals surface area contributed by atoms with Crippen LogP contribution in [0, 0.1) is 5.82 Å². The van der Waals surface area contributed by atoms with Gasteiger partial charge in [-0.3, -0.25) is 0 Å². The van der Waals surface area contributed by atoms with Gasteiger partial charge in [-0.1, -0.05) is 17.7 Å². The zero-order valence-corrected chi connectivity index (χ0v) is 12.8. The van der Waals surface area contributed by atoms with Crippen LogP contribution in [-0.4, -0.2) is 0 Å². The summed E-state index contributed by atoms with van der Waals surface area (Å²) in [5, 5.41) is 7.69. The summed E-state index contributed by atoms with van der Waals surface area (Å²) in [6.07, 6.45) is 0. The Morgan fingerprint density at radius 2 is 2.05 bits per heavy atom. The minimum atomic E-state index is -0.326. The molecule has 1 nitrogen and oxygen atoms in total. The molecule has 0 radical (unpaired) electrons. The molecule has 5 heteroatoms. The Bertz CT molecular complexity index is 706. The molecule has 0 fully saturated rings. The Kier molecular flexibility index (Phi) is 4.05. The first-order valence-corrected chi connectivity index (χ1v) is 8.16. The van der Waals surface area contributed by atoms with E-state index in [1.165, 1.54) is 21.4 Å². The first kappa shape index (κ1) is 13.6. The second-order valence-electron chi connectivity index (χ2n) is 4.26. The fourth-order valence-electron chi connectivity index (χ4n) is 1.86. The largest absolute Gasteiger partial charge is 0.378 e. The summed E-state index contributed by atoms with van der Waals surface area (Å²) in [5.41, 5.74) is 1.69. The van der Waals surface area contributed by atoms with Crippen LogP contribution in [0.25, 0.3) is 10.4 Å². The molecule has 3 rings (SSSR count). The van der Waals surface area contributed by atoms with E-state index in [1.807, 2.05) is 6.07 Å². The molecule has 102 valence electrons. The molecule has 0 saturated heterocycles. The summed E-state index contributed by atoms with van der Waals surface area (Å²) in [4.78, 5) is 2.42. The van der Waals surface area contributed by atoms with Crippen molar-refractivity contribution < 1.29 is 4.39 Å². The molecule has 1 N–H and O–H groups in total. The van der Waals surface area contributed by atoms with Gasteiger partial charge in [0.1, 0.15) is 5.82 Å². The van der Waals surface area contributed by atoms with Crippen molar-refractivity contribution in [2.75, 3.05) is 5.32 Å². The first-order valence-electron chi connectivity index (χ1n) is 6.02. The number of benzene rings is 1. The maximum absolute atomic E-state index is 13.6. The lowest BCUT2D eigenvalue weighted by Gasteiger charge is -2.06. The zero-order valence-electron chi connectivity index (χ0n) is 10.4. The van der Waals surface area contributed by atoms with Crippen LogP contribution < -0.4 is 5.32 Å². The van der Waals surface area contributed by atoms with Gasteiger partial charge >= 0.3 is 0 Å². The summed E-state index contributed by atoms with van der Waals surface area (Å²) < 4.78 is 13.6. The Balaban J connectivity index is 1.70. The van der Waals surface area contributed by atoms with Crippen LogP contribution in [-0.2, 0) is 6.54 Å². The van der Waals surface area contributed by atoms with Crippen molar-refractivity contribution in [3.8, 4) is 10.4 Å². The molecule has 0 atom stereocenters. The van der Waals surface area contributed by atoms with E-state index in [4.69, 9.17) is 11.6 Å². The van der Waals surface area contributed by atoms with Crippen LogP contribution in [0.3, 0.4) is 0 Å². The van der Waals surface area contributed by atoms with Crippen LogP contribution in [0.5, 0.6) is 0 Å². The molecule has 0 saturated carbocycles. The molecular formula is C15H11ClFNS2. The van der Waals surface area contributed by atoms with Crippen molar-refractivity contribution in [3.63, 3.8) is 0 Å². The van der Waals surface area contributed by atoms with Gasteiger partial charge in [-0.2, -0.15) is 0 Å². The molecule has 1 aromatic carbocycles. The molecule has 3 aromatic rings. The molecule has 0 aliphatic rings. The van der Waals surface area contributed by atoms with Gasteiger partial charge in [0, 0.05) is 26.9 Å². The molecule has 0 spiro atoms. The van der Waals surface area contributed by atoms with Gasteiger partial charge < -0.3 is 5.32 Å². The van der Waals surface area contributed by atoms with Gasteiger partial charge in [0.05, 0.1) is 5.69 Å². The van der Waals surface area contributed by atoms with E-state index in [0.29, 0.717) is 17.3 Å². The quantitative estimate of drug-likeness (QED) is 0.632. The van der Waals surface area contributed by atoms with Crippen molar-refractivity contribution in [2.45, 2.75) is 6.54 Å². The lowest BCUT2D eigenvalue weighted by atomic mass is 10.2. The van der Waals surface area contributed by atoms with Crippen LogP contribution in [0.4, 0.5) is 10.1 Å². The maximum Gasteiger partial charge on any atom is 0.147 e. The van der Waals surface area contributed by atoms with Gasteiger partial charge in [-0.15, -0.1) is 22.7 Å². The highest BCUT2D eigenvalue weighted by atomic mass is 35.5. The number of hydrogen-bond acceptors (Lipinski definition) is 3. The van der Waals surface area contributed by atoms with E-state index in [-0.39, 0.29) is 5.82 Å². The van der Waals surface area contributed by atoms with E-state index in [9.17, 15) is 4.39 Å². The summed E-state index contributed by atoms with van der Waals surface area (Å²) in [5.74, 6) is -0.326. The van der Waals surface area contributed by atoms with E-state index < -0.39 is 0 Å². The standard InChI is InChI=1S/C15H11ClFNS2/c16-11-3-4-14(13(17)7-11)18-8-12-6-10(9-20-12)15-2-1-5-19-15/h1-7,9,18H,8H2. The van der Waals surface area contributed by atoms with Crippen LogP contribution >= 0.6 is 34.3 Å². The molecule has 0 aliphatic heterocycles. The third-order valence-electron chi connectivity index (χ3n) is 2.84. The Morgan fingerprint density at radius 1 is 1.15 bits per heavy atom. The van der Waals surface area contributed by atoms with Crippen LogP contribution in [0.1, 0.15) is 4.88 Å². The predicted molar refractivity (Wildman–Crippen MR) is 86.4 cm³/mol. The van der Waals surface area contributed by atoms with Crippen molar-refractivity contribution in [2.24, 2.45) is 0 Å². The lowest BCUT2D eigenvalue weighted by molar-refractivity contribution is 0.630. The summed E-state index contributed by atoms with van der Waals surface area (Å²) in [7, 11) is 0. The van der Waals surface area contributed by atoms with Crippen molar-refractivity contribution in [3.05, 3.63) is 62.9 Å². The first-order chi connectivity index (χ1) is 9.72. The van der Waals surface area contributed by atoms with E-state index in [0.717, 1.165) is 0 Å². The molecule has 0 unspecified atom stereocenters. The highest BCUT2D eigenvalue weighted by molar-refractivity contribution is 7.14. The van der Waals surface area contributed by atoms with Crippen LogP contribution in [0.2, 0.25) is 5.02 Å². The molecule has 2 heterocycles. The van der Waals surface area contributed by atoms with Gasteiger partial charge in [-0.05, 0) is 41.1 Å². The number of nitrogens with one attached hydrogen (secondary N) is 1. The normalized spacial score (nSPS) is 10.7. The number of halogens is 2. The lowest BCUT2D eigenvalue weighted by Crippen LogP contribution is -1.99. The Hall–Kier alpha value is -1.36. The smallest absolute Gasteiger partial charge is 0.147 e. The molecule has 0 amide bonds. The minimum absolute atomic E-state index is 0.326. The fraction of sp³-hybridized carbons (Fsp3) is 0.0667. The monoisotopic (exact) mass is 323 g/mol. The van der Waals surface area contributed by atoms with Crippen LogP contribution in [0.15, 0.2) is 47.2 Å². The molecule has 0 aliphatic carbocycles. The number of hydrogen-bond donors (Lipinski definition) is 1. The minimum Gasteiger partial charge on any atom is -0.378 e. The van der Waals surface area contributed by atoms with Crippen molar-refractivity contribution >= 4 is 40.0 Å². The van der Waals surface area contributed by atoms with Gasteiger partial charge in [0.2, 0.25) is 0 Å². The van der Waals surface area contributed by atoms with E-state index >= 15 is 0 Å². The fourth-order valence-corrected chi connectivity index (χ4v) is 3.63. The van der Waals surface area contributed by atoms with Gasteiger partial charge in [-0.25, -0.2) is 4.39 Å². The number of rotatable bonds is 4. The number of anilines is 1. The topological polar surface area (TPSA) is 12.0 Å². The Morgan fingerprint density at radius 3 is 2.80 bits per heavy atom. The highest BCUT2D eigenvalue weighted by Gasteiger charge is 2.05. The average Bonchev–Trinajstić information content (AvgIpc) is 3.08. The molecule has 2 aromatic heterocycles. The highest BCUT2D eigenvalue weighted by Crippen LogP contribution is 2.29. The number of thiophene rings is 2. The Labute approximate surface area is 129 Å². The molecule has 0 bridgehead atoms. The SMILES string of the molecule is Fc1cc(Cl)ccc1NCc1cc(-c2cccs2)cs1. The molecular weight excluding hydrogens is 313 g/mol. The summed E-state index contributed by atoms with van der Waals surface area (Å²) in [6, 6.07) is 10.9. The maximum atomic E-state index is 13.6. The van der Waals surface area contributed by atoms with E-state index in [2.05, 4.69) is 28.2 Å². The molecule has 20 heavy (non-hydrogen) atoms.